The number of aryl methyl sites for hydroxylation is 1. The summed E-state index contributed by atoms with van der Waals surface area (Å²) in [6.07, 6.45) is 2.59. The van der Waals surface area contributed by atoms with E-state index in [4.69, 9.17) is 0 Å². The number of amides is 1. The molecule has 0 aliphatic heterocycles. The number of hydrogen-bond acceptors (Lipinski definition) is 2. The highest BCUT2D eigenvalue weighted by atomic mass is 16.1. The Labute approximate surface area is 92.9 Å². The van der Waals surface area contributed by atoms with Crippen LogP contribution in [0.1, 0.15) is 17.3 Å². The number of nitrogens with zero attached hydrogens (tertiary/aromatic N) is 1. The number of fused-ring (bicyclic) bond motifs is 1. The van der Waals surface area contributed by atoms with Gasteiger partial charge in [0.1, 0.15) is 0 Å². The van der Waals surface area contributed by atoms with Crippen molar-refractivity contribution in [2.75, 3.05) is 5.32 Å². The third-order valence-electron chi connectivity index (χ3n) is 2.47. The van der Waals surface area contributed by atoms with Crippen molar-refractivity contribution in [3.8, 4) is 0 Å². The maximum atomic E-state index is 10.9. The van der Waals surface area contributed by atoms with Crippen LogP contribution in [0.5, 0.6) is 0 Å². The number of rotatable bonds is 2. The molecule has 0 spiro atoms. The number of carbonyl (C=O) groups excluding carboxylic acids is 2. The Kier molecular flexibility index (Phi) is 2.48. The van der Waals surface area contributed by atoms with Crippen LogP contribution in [0.15, 0.2) is 24.4 Å². The van der Waals surface area contributed by atoms with Crippen molar-refractivity contribution in [1.82, 2.24) is 4.57 Å². The number of carbonyl (C=O) groups is 2. The van der Waals surface area contributed by atoms with Crippen LogP contribution in [0, 0.1) is 0 Å². The van der Waals surface area contributed by atoms with Crippen LogP contribution in [0.25, 0.3) is 10.9 Å². The molecule has 2 rings (SSSR count). The smallest absolute Gasteiger partial charge is 0.221 e. The molecule has 0 fully saturated rings. The zero-order valence-electron chi connectivity index (χ0n) is 9.15. The predicted octanol–water partition coefficient (Wildman–Crippen LogP) is 1.95. The molecule has 0 atom stereocenters. The molecule has 2 aromatic rings. The summed E-state index contributed by atoms with van der Waals surface area (Å²) >= 11 is 0. The van der Waals surface area contributed by atoms with Gasteiger partial charge in [-0.2, -0.15) is 0 Å². The van der Waals surface area contributed by atoms with E-state index in [9.17, 15) is 9.59 Å². The standard InChI is InChI=1S/C12H12N2O2/c1-8(16)13-10-3-4-12-11(5-10)9(7-15)6-14(12)2/h3-7H,1-2H3,(H,13,16). The van der Waals surface area contributed by atoms with Gasteiger partial charge in [0.05, 0.1) is 0 Å². The highest BCUT2D eigenvalue weighted by molar-refractivity contribution is 6.00. The summed E-state index contributed by atoms with van der Waals surface area (Å²) in [6.45, 7) is 1.45. The zero-order chi connectivity index (χ0) is 11.7. The van der Waals surface area contributed by atoms with Gasteiger partial charge >= 0.3 is 0 Å². The lowest BCUT2D eigenvalue weighted by Gasteiger charge is -2.02. The molecule has 0 saturated heterocycles. The average Bonchev–Trinajstić information content (AvgIpc) is 2.54. The van der Waals surface area contributed by atoms with Crippen molar-refractivity contribution in [3.63, 3.8) is 0 Å². The molecule has 0 aliphatic carbocycles. The second-order valence-corrected chi connectivity index (χ2v) is 3.73. The maximum Gasteiger partial charge on any atom is 0.221 e. The fourth-order valence-corrected chi connectivity index (χ4v) is 1.80. The minimum absolute atomic E-state index is 0.122. The number of hydrogen-bond donors (Lipinski definition) is 1. The van der Waals surface area contributed by atoms with Gasteiger partial charge in [0, 0.05) is 42.3 Å². The van der Waals surface area contributed by atoms with E-state index in [1.807, 2.05) is 23.7 Å². The highest BCUT2D eigenvalue weighted by Crippen LogP contribution is 2.23. The molecule has 1 amide bonds. The Morgan fingerprint density at radius 1 is 1.44 bits per heavy atom. The lowest BCUT2D eigenvalue weighted by molar-refractivity contribution is -0.114. The lowest BCUT2D eigenvalue weighted by Crippen LogP contribution is -2.05. The van der Waals surface area contributed by atoms with Crippen LogP contribution in [0.4, 0.5) is 5.69 Å². The Hall–Kier alpha value is -2.10. The number of aromatic nitrogens is 1. The summed E-state index contributed by atoms with van der Waals surface area (Å²) in [5, 5.41) is 3.54. The SMILES string of the molecule is CC(=O)Nc1ccc2c(c1)c(C=O)cn2C. The number of anilines is 1. The van der Waals surface area contributed by atoms with Crippen LogP contribution in [-0.2, 0) is 11.8 Å². The Balaban J connectivity index is 2.59. The Morgan fingerprint density at radius 3 is 2.81 bits per heavy atom. The molecule has 16 heavy (non-hydrogen) atoms. The molecule has 1 aromatic carbocycles. The van der Waals surface area contributed by atoms with Crippen molar-refractivity contribution in [3.05, 3.63) is 30.0 Å². The predicted molar refractivity (Wildman–Crippen MR) is 62.6 cm³/mol. The monoisotopic (exact) mass is 216 g/mol. The van der Waals surface area contributed by atoms with E-state index in [1.165, 1.54) is 6.92 Å². The van der Waals surface area contributed by atoms with Crippen molar-refractivity contribution in [2.45, 2.75) is 6.92 Å². The molecule has 1 heterocycles. The fraction of sp³-hybridized carbons (Fsp3) is 0.167. The minimum atomic E-state index is -0.122. The van der Waals surface area contributed by atoms with Gasteiger partial charge in [-0.3, -0.25) is 9.59 Å². The summed E-state index contributed by atoms with van der Waals surface area (Å²) in [7, 11) is 1.88. The first-order valence-corrected chi connectivity index (χ1v) is 4.93. The molecule has 0 bridgehead atoms. The molecule has 0 unspecified atom stereocenters. The minimum Gasteiger partial charge on any atom is -0.350 e. The molecule has 82 valence electrons. The number of nitrogens with one attached hydrogen (secondary N) is 1. The van der Waals surface area contributed by atoms with Crippen LogP contribution < -0.4 is 5.32 Å². The average molecular weight is 216 g/mol. The van der Waals surface area contributed by atoms with E-state index in [0.717, 1.165) is 17.2 Å². The Bertz CT molecular complexity index is 570. The first kappa shape index (κ1) is 10.4. The van der Waals surface area contributed by atoms with Gasteiger partial charge in [-0.25, -0.2) is 0 Å². The second kappa shape index (κ2) is 3.81. The molecule has 0 aliphatic rings. The molecule has 0 saturated carbocycles. The van der Waals surface area contributed by atoms with Gasteiger partial charge < -0.3 is 9.88 Å². The number of benzene rings is 1. The van der Waals surface area contributed by atoms with E-state index in [2.05, 4.69) is 5.32 Å². The van der Waals surface area contributed by atoms with Crippen molar-refractivity contribution < 1.29 is 9.59 Å². The number of aldehydes is 1. The van der Waals surface area contributed by atoms with Gasteiger partial charge in [-0.05, 0) is 18.2 Å². The molecule has 4 nitrogen and oxygen atoms in total. The summed E-state index contributed by atoms with van der Waals surface area (Å²) in [6, 6.07) is 5.51. The van der Waals surface area contributed by atoms with E-state index in [0.29, 0.717) is 11.3 Å². The van der Waals surface area contributed by atoms with Crippen LogP contribution in [-0.4, -0.2) is 16.8 Å². The fourth-order valence-electron chi connectivity index (χ4n) is 1.80. The molecule has 4 heteroatoms. The molecule has 1 aromatic heterocycles. The van der Waals surface area contributed by atoms with Crippen LogP contribution in [0.2, 0.25) is 0 Å². The highest BCUT2D eigenvalue weighted by Gasteiger charge is 2.06. The van der Waals surface area contributed by atoms with Gasteiger partial charge in [0.15, 0.2) is 6.29 Å². The van der Waals surface area contributed by atoms with Gasteiger partial charge in [-0.15, -0.1) is 0 Å². The first-order valence-electron chi connectivity index (χ1n) is 4.93. The van der Waals surface area contributed by atoms with Gasteiger partial charge in [0.2, 0.25) is 5.91 Å². The third kappa shape index (κ3) is 1.69. The summed E-state index contributed by atoms with van der Waals surface area (Å²) in [4.78, 5) is 21.8. The summed E-state index contributed by atoms with van der Waals surface area (Å²) < 4.78 is 1.89. The largest absolute Gasteiger partial charge is 0.350 e. The topological polar surface area (TPSA) is 51.1 Å². The molecular formula is C12H12N2O2. The van der Waals surface area contributed by atoms with Crippen molar-refractivity contribution in [1.29, 1.82) is 0 Å². The third-order valence-corrected chi connectivity index (χ3v) is 2.47. The van der Waals surface area contributed by atoms with Gasteiger partial charge in [0.25, 0.3) is 0 Å². The van der Waals surface area contributed by atoms with E-state index < -0.39 is 0 Å². The normalized spacial score (nSPS) is 10.4. The van der Waals surface area contributed by atoms with Crippen LogP contribution >= 0.6 is 0 Å². The molecular weight excluding hydrogens is 204 g/mol. The summed E-state index contributed by atoms with van der Waals surface area (Å²) in [5.74, 6) is -0.122. The van der Waals surface area contributed by atoms with Crippen molar-refractivity contribution >= 4 is 28.8 Å². The molecule has 0 radical (unpaired) electrons. The lowest BCUT2D eigenvalue weighted by atomic mass is 10.1. The first-order chi connectivity index (χ1) is 7.61. The Morgan fingerprint density at radius 2 is 2.19 bits per heavy atom. The molecule has 1 N–H and O–H groups in total. The van der Waals surface area contributed by atoms with Crippen LogP contribution in [0.3, 0.4) is 0 Å². The maximum absolute atomic E-state index is 10.9. The zero-order valence-corrected chi connectivity index (χ0v) is 9.15. The second-order valence-electron chi connectivity index (χ2n) is 3.73. The quantitative estimate of drug-likeness (QED) is 0.780. The van der Waals surface area contributed by atoms with Gasteiger partial charge in [-0.1, -0.05) is 0 Å². The van der Waals surface area contributed by atoms with E-state index in [1.54, 1.807) is 12.3 Å². The van der Waals surface area contributed by atoms with Crippen molar-refractivity contribution in [2.24, 2.45) is 7.05 Å². The summed E-state index contributed by atoms with van der Waals surface area (Å²) in [5.41, 5.74) is 2.30. The van der Waals surface area contributed by atoms with E-state index in [-0.39, 0.29) is 5.91 Å². The van der Waals surface area contributed by atoms with E-state index >= 15 is 0 Å².